The zero-order valence-electron chi connectivity index (χ0n) is 9.07. The highest BCUT2D eigenvalue weighted by Gasteiger charge is 2.09. The Balaban J connectivity index is 2.80. The summed E-state index contributed by atoms with van der Waals surface area (Å²) in [4.78, 5) is 11.2. The molecule has 0 saturated heterocycles. The van der Waals surface area contributed by atoms with Crippen molar-refractivity contribution in [3.8, 4) is 5.75 Å². The number of hydrogen-bond acceptors (Lipinski definition) is 3. The molecule has 4 heteroatoms. The molecule has 1 aromatic carbocycles. The zero-order valence-corrected chi connectivity index (χ0v) is 9.07. The Labute approximate surface area is 88.9 Å². The maximum absolute atomic E-state index is 11.2. The van der Waals surface area contributed by atoms with Gasteiger partial charge in [0.1, 0.15) is 11.9 Å². The van der Waals surface area contributed by atoms with Crippen LogP contribution in [0.2, 0.25) is 0 Å². The highest BCUT2D eigenvalue weighted by atomic mass is 16.5. The van der Waals surface area contributed by atoms with E-state index in [0.717, 1.165) is 11.3 Å². The predicted molar refractivity (Wildman–Crippen MR) is 58.0 cm³/mol. The lowest BCUT2D eigenvalue weighted by Crippen LogP contribution is -2.24. The number of hydrogen-bond donors (Lipinski definition) is 2. The van der Waals surface area contributed by atoms with Gasteiger partial charge in [-0.25, -0.2) is 0 Å². The summed E-state index contributed by atoms with van der Waals surface area (Å²) in [5.41, 5.74) is 1.58. The number of anilines is 1. The van der Waals surface area contributed by atoms with Crippen molar-refractivity contribution in [1.29, 1.82) is 0 Å². The minimum absolute atomic E-state index is 0.417. The second kappa shape index (κ2) is 4.79. The van der Waals surface area contributed by atoms with Crippen molar-refractivity contribution < 1.29 is 14.6 Å². The topological polar surface area (TPSA) is 58.6 Å². The molecule has 2 N–H and O–H groups in total. The van der Waals surface area contributed by atoms with E-state index in [0.29, 0.717) is 5.69 Å². The maximum atomic E-state index is 11.2. The van der Waals surface area contributed by atoms with Gasteiger partial charge >= 0.3 is 0 Å². The van der Waals surface area contributed by atoms with Crippen LogP contribution in [0.5, 0.6) is 5.75 Å². The van der Waals surface area contributed by atoms with Gasteiger partial charge in [0.2, 0.25) is 0 Å². The molecule has 0 saturated carbocycles. The normalized spacial score (nSPS) is 12.0. The van der Waals surface area contributed by atoms with Crippen LogP contribution in [0.4, 0.5) is 5.69 Å². The molecule has 0 aliphatic rings. The van der Waals surface area contributed by atoms with E-state index in [2.05, 4.69) is 5.32 Å². The fraction of sp³-hybridized carbons (Fsp3) is 0.364. The van der Waals surface area contributed by atoms with E-state index in [9.17, 15) is 4.79 Å². The molecule has 4 nitrogen and oxygen atoms in total. The van der Waals surface area contributed by atoms with Crippen molar-refractivity contribution in [3.63, 3.8) is 0 Å². The molecule has 0 aromatic heterocycles. The first-order valence-corrected chi connectivity index (χ1v) is 4.68. The quantitative estimate of drug-likeness (QED) is 0.789. The predicted octanol–water partition coefficient (Wildman–Crippen LogP) is 1.32. The van der Waals surface area contributed by atoms with E-state index >= 15 is 0 Å². The van der Waals surface area contributed by atoms with Crippen molar-refractivity contribution in [2.24, 2.45) is 0 Å². The Morgan fingerprint density at radius 3 is 2.67 bits per heavy atom. The highest BCUT2D eigenvalue weighted by molar-refractivity contribution is 5.93. The summed E-state index contributed by atoms with van der Waals surface area (Å²) in [7, 11) is 1.59. The molecule has 0 aliphatic carbocycles. The lowest BCUT2D eigenvalue weighted by atomic mass is 10.2. The summed E-state index contributed by atoms with van der Waals surface area (Å²) in [5, 5.41) is 11.6. The summed E-state index contributed by atoms with van der Waals surface area (Å²) in [5.74, 6) is 0.351. The van der Waals surface area contributed by atoms with Crippen LogP contribution >= 0.6 is 0 Å². The van der Waals surface area contributed by atoms with Crippen LogP contribution in [0, 0.1) is 6.92 Å². The van der Waals surface area contributed by atoms with Gasteiger partial charge in [0.25, 0.3) is 5.91 Å². The molecule has 0 heterocycles. The molecule has 1 amide bonds. The molecule has 0 aliphatic heterocycles. The molecule has 1 unspecified atom stereocenters. The molecule has 1 aromatic rings. The van der Waals surface area contributed by atoms with Gasteiger partial charge in [-0.05, 0) is 37.6 Å². The first kappa shape index (κ1) is 11.5. The third kappa shape index (κ3) is 2.95. The molecule has 1 rings (SSSR count). The molecular formula is C11H15NO3. The molecule has 1 atom stereocenters. The van der Waals surface area contributed by atoms with E-state index in [1.54, 1.807) is 25.3 Å². The van der Waals surface area contributed by atoms with Gasteiger partial charge in [-0.1, -0.05) is 0 Å². The van der Waals surface area contributed by atoms with E-state index in [1.807, 2.05) is 6.92 Å². The zero-order chi connectivity index (χ0) is 11.4. The van der Waals surface area contributed by atoms with Crippen molar-refractivity contribution in [1.82, 2.24) is 0 Å². The summed E-state index contributed by atoms with van der Waals surface area (Å²) in [6, 6.07) is 5.29. The SMILES string of the molecule is COc1ccc(NC(=O)C(C)O)cc1C. The number of nitrogens with one attached hydrogen (secondary N) is 1. The van der Waals surface area contributed by atoms with E-state index < -0.39 is 12.0 Å². The molecule has 0 bridgehead atoms. The number of ether oxygens (including phenoxy) is 1. The molecular weight excluding hydrogens is 194 g/mol. The largest absolute Gasteiger partial charge is 0.496 e. The maximum Gasteiger partial charge on any atom is 0.252 e. The third-order valence-electron chi connectivity index (χ3n) is 2.04. The number of carbonyl (C=O) groups excluding carboxylic acids is 1. The van der Waals surface area contributed by atoms with Crippen LogP contribution in [0.1, 0.15) is 12.5 Å². The van der Waals surface area contributed by atoms with Gasteiger partial charge < -0.3 is 15.2 Å². The summed E-state index contributed by atoms with van der Waals surface area (Å²) >= 11 is 0. The fourth-order valence-electron chi connectivity index (χ4n) is 1.20. The molecule has 82 valence electrons. The lowest BCUT2D eigenvalue weighted by Gasteiger charge is -2.09. The van der Waals surface area contributed by atoms with Crippen LogP contribution in [0.15, 0.2) is 18.2 Å². The Morgan fingerprint density at radius 1 is 1.53 bits per heavy atom. The number of carbonyl (C=O) groups is 1. The average molecular weight is 209 g/mol. The van der Waals surface area contributed by atoms with Crippen LogP contribution in [0.25, 0.3) is 0 Å². The number of benzene rings is 1. The molecule has 0 fully saturated rings. The molecule has 15 heavy (non-hydrogen) atoms. The van der Waals surface area contributed by atoms with Crippen molar-refractivity contribution in [2.45, 2.75) is 20.0 Å². The van der Waals surface area contributed by atoms with Crippen LogP contribution in [0.3, 0.4) is 0 Å². The van der Waals surface area contributed by atoms with Gasteiger partial charge in [-0.3, -0.25) is 4.79 Å². The Hall–Kier alpha value is -1.55. The summed E-state index contributed by atoms with van der Waals surface area (Å²) in [6.07, 6.45) is -1.01. The standard InChI is InChI=1S/C11H15NO3/c1-7-6-9(4-5-10(7)15-3)12-11(14)8(2)13/h4-6,8,13H,1-3H3,(H,12,14). The average Bonchev–Trinajstić information content (AvgIpc) is 2.18. The van der Waals surface area contributed by atoms with Gasteiger partial charge in [0.15, 0.2) is 0 Å². The minimum atomic E-state index is -1.01. The summed E-state index contributed by atoms with van der Waals surface area (Å²) in [6.45, 7) is 3.31. The summed E-state index contributed by atoms with van der Waals surface area (Å²) < 4.78 is 5.09. The van der Waals surface area contributed by atoms with Gasteiger partial charge in [0.05, 0.1) is 7.11 Å². The van der Waals surface area contributed by atoms with E-state index in [1.165, 1.54) is 6.92 Å². The Kier molecular flexibility index (Phi) is 3.68. The third-order valence-corrected chi connectivity index (χ3v) is 2.04. The van der Waals surface area contributed by atoms with Crippen LogP contribution in [-0.2, 0) is 4.79 Å². The van der Waals surface area contributed by atoms with Crippen LogP contribution in [-0.4, -0.2) is 24.2 Å². The number of aliphatic hydroxyl groups excluding tert-OH is 1. The van der Waals surface area contributed by atoms with E-state index in [-0.39, 0.29) is 0 Å². The second-order valence-electron chi connectivity index (χ2n) is 3.35. The van der Waals surface area contributed by atoms with E-state index in [4.69, 9.17) is 9.84 Å². The first-order valence-electron chi connectivity index (χ1n) is 4.68. The van der Waals surface area contributed by atoms with Gasteiger partial charge in [0, 0.05) is 5.69 Å². The highest BCUT2D eigenvalue weighted by Crippen LogP contribution is 2.21. The number of aryl methyl sites for hydroxylation is 1. The Morgan fingerprint density at radius 2 is 2.20 bits per heavy atom. The first-order chi connectivity index (χ1) is 7.04. The van der Waals surface area contributed by atoms with Crippen molar-refractivity contribution >= 4 is 11.6 Å². The van der Waals surface area contributed by atoms with Crippen LogP contribution < -0.4 is 10.1 Å². The molecule has 0 radical (unpaired) electrons. The number of amides is 1. The minimum Gasteiger partial charge on any atom is -0.496 e. The number of methoxy groups -OCH3 is 1. The number of aliphatic hydroxyl groups is 1. The smallest absolute Gasteiger partial charge is 0.252 e. The second-order valence-corrected chi connectivity index (χ2v) is 3.35. The monoisotopic (exact) mass is 209 g/mol. The number of rotatable bonds is 3. The van der Waals surface area contributed by atoms with Gasteiger partial charge in [-0.15, -0.1) is 0 Å². The van der Waals surface area contributed by atoms with Crippen molar-refractivity contribution in [3.05, 3.63) is 23.8 Å². The lowest BCUT2D eigenvalue weighted by molar-refractivity contribution is -0.123. The van der Waals surface area contributed by atoms with Gasteiger partial charge in [-0.2, -0.15) is 0 Å². The fourth-order valence-corrected chi connectivity index (χ4v) is 1.20. The van der Waals surface area contributed by atoms with Crippen molar-refractivity contribution in [2.75, 3.05) is 12.4 Å². The molecule has 0 spiro atoms. The Bertz CT molecular complexity index is 361.